The molecule has 4 aromatic rings. The number of fused-ring (bicyclic) bond motifs is 4. The number of halogens is 1. The summed E-state index contributed by atoms with van der Waals surface area (Å²) in [5.41, 5.74) is 2.75. The zero-order chi connectivity index (χ0) is 23.5. The van der Waals surface area contributed by atoms with Crippen LogP contribution in [0.5, 0.6) is 5.88 Å². The quantitative estimate of drug-likeness (QED) is 0.429. The lowest BCUT2D eigenvalue weighted by molar-refractivity contribution is -0.147. The normalized spacial score (nSPS) is 13.2. The molecule has 170 valence electrons. The third-order valence-corrected chi connectivity index (χ3v) is 6.53. The number of hydrogen-bond donors (Lipinski definition) is 2. The lowest BCUT2D eigenvalue weighted by Crippen LogP contribution is -2.35. The third-order valence-electron chi connectivity index (χ3n) is 6.53. The molecule has 7 nitrogen and oxygen atoms in total. The minimum absolute atomic E-state index is 0.131. The van der Waals surface area contributed by atoms with Crippen LogP contribution >= 0.6 is 0 Å². The number of aromatic nitrogens is 3. The number of para-hydroxylation sites is 1. The summed E-state index contributed by atoms with van der Waals surface area (Å²) in [7, 11) is 0. The van der Waals surface area contributed by atoms with Gasteiger partial charge in [-0.3, -0.25) is 13.9 Å². The van der Waals surface area contributed by atoms with Crippen molar-refractivity contribution in [3.63, 3.8) is 0 Å². The predicted molar refractivity (Wildman–Crippen MR) is 121 cm³/mol. The van der Waals surface area contributed by atoms with Crippen LogP contribution < -0.4 is 5.69 Å². The van der Waals surface area contributed by atoms with Gasteiger partial charge in [0, 0.05) is 36.1 Å². The van der Waals surface area contributed by atoms with Gasteiger partial charge in [0.2, 0.25) is 5.88 Å². The highest BCUT2D eigenvalue weighted by atomic mass is 19.1. The van der Waals surface area contributed by atoms with Crippen molar-refractivity contribution in [1.82, 2.24) is 13.7 Å². The van der Waals surface area contributed by atoms with Crippen molar-refractivity contribution in [3.8, 4) is 5.88 Å². The average Bonchev–Trinajstić information content (AvgIpc) is 3.21. The Kier molecular flexibility index (Phi) is 4.70. The van der Waals surface area contributed by atoms with E-state index in [2.05, 4.69) is 4.57 Å². The number of nitrogens with zero attached hydrogens (tertiary/aromatic N) is 3. The number of carboxylic acid groups (broad SMARTS) is 1. The second-order valence-electron chi connectivity index (χ2n) is 9.25. The first kappa shape index (κ1) is 21.1. The lowest BCUT2D eigenvalue weighted by atomic mass is 9.94. The molecule has 0 unspecified atom stereocenters. The average molecular weight is 449 g/mol. The highest BCUT2D eigenvalue weighted by molar-refractivity contribution is 5.86. The van der Waals surface area contributed by atoms with Crippen molar-refractivity contribution < 1.29 is 19.4 Å². The number of imidazole rings is 1. The van der Waals surface area contributed by atoms with Gasteiger partial charge < -0.3 is 14.8 Å². The van der Waals surface area contributed by atoms with Gasteiger partial charge in [-0.15, -0.1) is 0 Å². The number of benzene rings is 2. The Morgan fingerprint density at radius 1 is 1.06 bits per heavy atom. The van der Waals surface area contributed by atoms with E-state index in [1.807, 2.05) is 24.3 Å². The van der Waals surface area contributed by atoms with E-state index in [9.17, 15) is 24.2 Å². The largest absolute Gasteiger partial charge is 0.493 e. The fourth-order valence-corrected chi connectivity index (χ4v) is 4.65. The van der Waals surface area contributed by atoms with Gasteiger partial charge in [0.15, 0.2) is 0 Å². The molecule has 8 heteroatoms. The highest BCUT2D eigenvalue weighted by Crippen LogP contribution is 2.36. The summed E-state index contributed by atoms with van der Waals surface area (Å²) in [6, 6.07) is 14.3. The van der Waals surface area contributed by atoms with Crippen LogP contribution in [0.3, 0.4) is 0 Å². The van der Waals surface area contributed by atoms with Gasteiger partial charge in [0.25, 0.3) is 0 Å². The molecular weight excluding hydrogens is 425 g/mol. The van der Waals surface area contributed by atoms with Crippen molar-refractivity contribution in [1.29, 1.82) is 0 Å². The molecule has 0 radical (unpaired) electrons. The minimum Gasteiger partial charge on any atom is -0.493 e. The summed E-state index contributed by atoms with van der Waals surface area (Å²) in [4.78, 5) is 24.8. The first-order valence-electron chi connectivity index (χ1n) is 10.8. The van der Waals surface area contributed by atoms with Gasteiger partial charge in [-0.1, -0.05) is 30.3 Å². The van der Waals surface area contributed by atoms with Crippen LogP contribution in [0.1, 0.15) is 36.4 Å². The van der Waals surface area contributed by atoms with E-state index in [4.69, 9.17) is 0 Å². The molecular formula is C25H24FN3O4. The fourth-order valence-electron chi connectivity index (χ4n) is 4.65. The Bertz CT molecular complexity index is 1460. The Morgan fingerprint density at radius 3 is 2.45 bits per heavy atom. The van der Waals surface area contributed by atoms with Gasteiger partial charge in [0.05, 0.1) is 17.7 Å². The van der Waals surface area contributed by atoms with Crippen LogP contribution in [0, 0.1) is 11.2 Å². The first-order chi connectivity index (χ1) is 15.7. The second-order valence-corrected chi connectivity index (χ2v) is 9.25. The zero-order valence-electron chi connectivity index (χ0n) is 18.4. The fraction of sp³-hybridized carbons (Fsp3) is 0.280. The molecule has 3 heterocycles. The summed E-state index contributed by atoms with van der Waals surface area (Å²) >= 11 is 0. The van der Waals surface area contributed by atoms with Crippen LogP contribution in [-0.2, 0) is 30.8 Å². The number of aliphatic carboxylic acids is 1. The van der Waals surface area contributed by atoms with E-state index in [0.29, 0.717) is 18.7 Å². The van der Waals surface area contributed by atoms with E-state index in [0.717, 1.165) is 32.3 Å². The SMILES string of the molecule is CC(C)(Cn1c(O)c2n(c1=O)Cc1c(c3ccccc3n1Cc1ccc(F)cc1)C2)C(=O)O. The number of hydrogen-bond acceptors (Lipinski definition) is 3. The van der Waals surface area contributed by atoms with Crippen LogP contribution in [0.15, 0.2) is 53.3 Å². The minimum atomic E-state index is -1.21. The molecule has 0 amide bonds. The van der Waals surface area contributed by atoms with Gasteiger partial charge in [-0.25, -0.2) is 9.18 Å². The molecule has 0 saturated heterocycles. The van der Waals surface area contributed by atoms with Crippen LogP contribution in [-0.4, -0.2) is 29.9 Å². The Balaban J connectivity index is 1.62. The molecule has 0 atom stereocenters. The number of rotatable bonds is 5. The van der Waals surface area contributed by atoms with Crippen molar-refractivity contribution >= 4 is 16.9 Å². The molecule has 1 aliphatic rings. The number of carbonyl (C=O) groups is 1. The monoisotopic (exact) mass is 449 g/mol. The smallest absolute Gasteiger partial charge is 0.331 e. The van der Waals surface area contributed by atoms with Crippen LogP contribution in [0.4, 0.5) is 4.39 Å². The molecule has 0 aliphatic carbocycles. The maximum absolute atomic E-state index is 13.4. The summed E-state index contributed by atoms with van der Waals surface area (Å²) < 4.78 is 18.2. The molecule has 0 bridgehead atoms. The van der Waals surface area contributed by atoms with Crippen molar-refractivity contribution in [2.24, 2.45) is 5.41 Å². The summed E-state index contributed by atoms with van der Waals surface area (Å²) in [6.07, 6.45) is 0.355. The van der Waals surface area contributed by atoms with Crippen LogP contribution in [0.25, 0.3) is 10.9 Å². The number of carboxylic acids is 1. The summed E-state index contributed by atoms with van der Waals surface area (Å²) in [6.45, 7) is 3.69. The Morgan fingerprint density at radius 2 is 1.76 bits per heavy atom. The highest BCUT2D eigenvalue weighted by Gasteiger charge is 2.34. The molecule has 0 spiro atoms. The molecule has 0 saturated carbocycles. The van der Waals surface area contributed by atoms with Crippen molar-refractivity contribution in [3.05, 3.63) is 87.3 Å². The van der Waals surface area contributed by atoms with E-state index >= 15 is 0 Å². The van der Waals surface area contributed by atoms with Crippen molar-refractivity contribution in [2.45, 2.75) is 39.9 Å². The molecule has 5 rings (SSSR count). The maximum atomic E-state index is 13.4. The Hall–Kier alpha value is -3.81. The molecule has 0 fully saturated rings. The van der Waals surface area contributed by atoms with Gasteiger partial charge in [0.1, 0.15) is 5.82 Å². The van der Waals surface area contributed by atoms with E-state index in [1.54, 1.807) is 12.1 Å². The summed E-state index contributed by atoms with van der Waals surface area (Å²) in [5.74, 6) is -1.52. The van der Waals surface area contributed by atoms with Gasteiger partial charge >= 0.3 is 11.7 Å². The predicted octanol–water partition coefficient (Wildman–Crippen LogP) is 3.56. The standard InChI is InChI=1S/C25H24FN3O4/c1-25(2,23(31)32)14-29-22(30)20-11-18-17-5-3-4-6-19(17)27(21(18)13-28(20)24(29)33)12-15-7-9-16(26)10-8-15/h3-10,30H,11-14H2,1-2H3,(H,31,32). The van der Waals surface area contributed by atoms with E-state index < -0.39 is 17.1 Å². The molecule has 2 N–H and O–H groups in total. The lowest BCUT2D eigenvalue weighted by Gasteiger charge is -2.19. The van der Waals surface area contributed by atoms with Crippen molar-refractivity contribution in [2.75, 3.05) is 0 Å². The van der Waals surface area contributed by atoms with Crippen LogP contribution in [0.2, 0.25) is 0 Å². The topological polar surface area (TPSA) is 89.4 Å². The van der Waals surface area contributed by atoms with E-state index in [1.165, 1.54) is 30.5 Å². The molecule has 1 aliphatic heterocycles. The van der Waals surface area contributed by atoms with Gasteiger partial charge in [-0.05, 0) is 43.2 Å². The van der Waals surface area contributed by atoms with Gasteiger partial charge in [-0.2, -0.15) is 0 Å². The second kappa shape index (κ2) is 7.37. The first-order valence-corrected chi connectivity index (χ1v) is 10.8. The molecule has 2 aromatic carbocycles. The summed E-state index contributed by atoms with van der Waals surface area (Å²) in [5, 5.41) is 21.4. The number of aromatic hydroxyl groups is 1. The Labute approximate surface area is 188 Å². The zero-order valence-corrected chi connectivity index (χ0v) is 18.4. The molecule has 33 heavy (non-hydrogen) atoms. The molecule has 2 aromatic heterocycles. The van der Waals surface area contributed by atoms with E-state index in [-0.39, 0.29) is 24.8 Å². The third kappa shape index (κ3) is 3.33. The maximum Gasteiger partial charge on any atom is 0.331 e.